The summed E-state index contributed by atoms with van der Waals surface area (Å²) < 4.78 is 5.90. The minimum absolute atomic E-state index is 0.0445. The highest BCUT2D eigenvalue weighted by atomic mass is 16.5. The van der Waals surface area contributed by atoms with E-state index in [4.69, 9.17) is 4.74 Å². The molecule has 61 heavy (non-hydrogen) atoms. The summed E-state index contributed by atoms with van der Waals surface area (Å²) in [7, 11) is 0. The van der Waals surface area contributed by atoms with E-state index < -0.39 is 18.2 Å². The molecule has 0 rings (SSSR count). The molecule has 0 saturated heterocycles. The molecule has 0 aliphatic carbocycles. The van der Waals surface area contributed by atoms with Crippen molar-refractivity contribution in [2.75, 3.05) is 6.61 Å². The van der Waals surface area contributed by atoms with Gasteiger partial charge in [0.25, 0.3) is 0 Å². The predicted molar refractivity (Wildman–Crippen MR) is 264 cm³/mol. The Kier molecular flexibility index (Phi) is 46.6. The van der Waals surface area contributed by atoms with Crippen molar-refractivity contribution >= 4 is 11.9 Å². The number of carbonyl (C=O) groups excluding carboxylic acids is 2. The molecule has 0 radical (unpaired) electrons. The lowest BCUT2D eigenvalue weighted by Gasteiger charge is -2.24. The number of hydrogen-bond acceptors (Lipinski definition) is 5. The van der Waals surface area contributed by atoms with Gasteiger partial charge in [-0.2, -0.15) is 0 Å². The topological polar surface area (TPSA) is 95.9 Å². The van der Waals surface area contributed by atoms with E-state index in [1.807, 2.05) is 0 Å². The highest BCUT2D eigenvalue weighted by Gasteiger charge is 2.24. The number of hydrogen-bond donors (Lipinski definition) is 3. The molecule has 354 valence electrons. The van der Waals surface area contributed by atoms with E-state index in [0.717, 1.165) is 77.0 Å². The SMILES string of the molecule is CCCCC/C=C\C/C=C\C/C=C\C/C=C\CCCC(=O)OC(CCCCC/C=C/CCCCCCCCCCC)CC(=O)NC(CO)C(O)CCCCCCCCCCC. The Morgan fingerprint density at radius 3 is 1.33 bits per heavy atom. The van der Waals surface area contributed by atoms with Crippen LogP contribution in [0, 0.1) is 0 Å². The summed E-state index contributed by atoms with van der Waals surface area (Å²) >= 11 is 0. The van der Waals surface area contributed by atoms with Crippen LogP contribution in [0.5, 0.6) is 0 Å². The number of aliphatic hydroxyl groups is 2. The molecular formula is C55H99NO5. The smallest absolute Gasteiger partial charge is 0.306 e. The lowest BCUT2D eigenvalue weighted by molar-refractivity contribution is -0.151. The number of unbranched alkanes of at least 4 members (excludes halogenated alkanes) is 24. The van der Waals surface area contributed by atoms with Crippen LogP contribution in [0.25, 0.3) is 0 Å². The van der Waals surface area contributed by atoms with Crippen molar-refractivity contribution in [1.29, 1.82) is 0 Å². The molecule has 0 aromatic rings. The van der Waals surface area contributed by atoms with Gasteiger partial charge in [-0.1, -0.05) is 210 Å². The Bertz CT molecular complexity index is 1090. The zero-order valence-corrected chi connectivity index (χ0v) is 40.3. The van der Waals surface area contributed by atoms with Gasteiger partial charge in [0.1, 0.15) is 6.10 Å². The summed E-state index contributed by atoms with van der Waals surface area (Å²) in [6.45, 7) is 6.42. The number of rotatable bonds is 46. The van der Waals surface area contributed by atoms with Crippen LogP contribution in [-0.4, -0.2) is 46.9 Å². The molecule has 3 unspecified atom stereocenters. The monoisotopic (exact) mass is 854 g/mol. The highest BCUT2D eigenvalue weighted by Crippen LogP contribution is 2.17. The molecule has 6 heteroatoms. The quantitative estimate of drug-likeness (QED) is 0.0322. The number of allylic oxidation sites excluding steroid dienone is 10. The van der Waals surface area contributed by atoms with Gasteiger partial charge in [0.05, 0.1) is 25.2 Å². The maximum Gasteiger partial charge on any atom is 0.306 e. The Morgan fingerprint density at radius 2 is 0.836 bits per heavy atom. The fraction of sp³-hybridized carbons (Fsp3) is 0.782. The maximum atomic E-state index is 13.2. The number of esters is 1. The van der Waals surface area contributed by atoms with Gasteiger partial charge in [-0.25, -0.2) is 0 Å². The van der Waals surface area contributed by atoms with Crippen LogP contribution in [0.4, 0.5) is 0 Å². The molecule has 0 heterocycles. The number of carbonyl (C=O) groups is 2. The van der Waals surface area contributed by atoms with E-state index >= 15 is 0 Å². The first-order valence-corrected chi connectivity index (χ1v) is 26.0. The Balaban J connectivity index is 4.69. The van der Waals surface area contributed by atoms with Crippen LogP contribution in [0.1, 0.15) is 252 Å². The van der Waals surface area contributed by atoms with Gasteiger partial charge in [0, 0.05) is 6.42 Å². The second-order valence-electron chi connectivity index (χ2n) is 17.6. The van der Waals surface area contributed by atoms with E-state index in [1.54, 1.807) is 0 Å². The minimum Gasteiger partial charge on any atom is -0.462 e. The molecular weight excluding hydrogens is 755 g/mol. The second-order valence-corrected chi connectivity index (χ2v) is 17.6. The lowest BCUT2D eigenvalue weighted by atomic mass is 10.0. The fourth-order valence-electron chi connectivity index (χ4n) is 7.59. The minimum atomic E-state index is -0.800. The molecule has 6 nitrogen and oxygen atoms in total. The van der Waals surface area contributed by atoms with Crippen LogP contribution >= 0.6 is 0 Å². The summed E-state index contributed by atoms with van der Waals surface area (Å²) in [5.41, 5.74) is 0. The van der Waals surface area contributed by atoms with E-state index in [1.165, 1.54) is 122 Å². The summed E-state index contributed by atoms with van der Waals surface area (Å²) in [4.78, 5) is 26.1. The van der Waals surface area contributed by atoms with E-state index in [9.17, 15) is 19.8 Å². The standard InChI is InChI=1S/C55H99NO5/c1-4-7-10-13-16-19-21-23-25-27-29-31-33-36-39-42-45-48-55(60)61-51(46-43-40-37-35-32-30-28-26-24-22-20-17-14-11-8-5-2)49-54(59)56-52(50-57)53(58)47-44-41-38-34-18-15-12-9-6-3/h16,19,23,25,29-32,36,39,51-53,57-58H,4-15,17-18,20-22,24,26-28,33-35,37-38,40-50H2,1-3H3,(H,56,59)/b19-16-,25-23-,31-29-,32-30+,39-36-. The fourth-order valence-corrected chi connectivity index (χ4v) is 7.59. The van der Waals surface area contributed by atoms with Crippen LogP contribution < -0.4 is 5.32 Å². The number of ether oxygens (including phenoxy) is 1. The van der Waals surface area contributed by atoms with Gasteiger partial charge in [-0.3, -0.25) is 9.59 Å². The number of amides is 1. The molecule has 0 spiro atoms. The Labute approximate surface area is 378 Å². The summed E-state index contributed by atoms with van der Waals surface area (Å²) in [5.74, 6) is -0.555. The van der Waals surface area contributed by atoms with Gasteiger partial charge in [0.2, 0.25) is 5.91 Å². The van der Waals surface area contributed by atoms with Crippen LogP contribution in [0.2, 0.25) is 0 Å². The van der Waals surface area contributed by atoms with E-state index in [-0.39, 0.29) is 24.9 Å². The first kappa shape index (κ1) is 58.6. The molecule has 0 aliphatic rings. The van der Waals surface area contributed by atoms with Crippen molar-refractivity contribution in [2.45, 2.75) is 270 Å². The number of aliphatic hydroxyl groups excluding tert-OH is 2. The van der Waals surface area contributed by atoms with Crippen molar-refractivity contribution in [3.63, 3.8) is 0 Å². The molecule has 0 saturated carbocycles. The third-order valence-corrected chi connectivity index (χ3v) is 11.6. The van der Waals surface area contributed by atoms with Gasteiger partial charge < -0.3 is 20.3 Å². The third kappa shape index (κ3) is 44.0. The molecule has 0 fully saturated rings. The second kappa shape index (κ2) is 48.6. The molecule has 1 amide bonds. The molecule has 0 aromatic heterocycles. The van der Waals surface area contributed by atoms with Crippen LogP contribution in [-0.2, 0) is 14.3 Å². The van der Waals surface area contributed by atoms with Crippen molar-refractivity contribution in [3.8, 4) is 0 Å². The molecule has 0 bridgehead atoms. The molecule has 3 N–H and O–H groups in total. The van der Waals surface area contributed by atoms with Gasteiger partial charge >= 0.3 is 5.97 Å². The van der Waals surface area contributed by atoms with Crippen LogP contribution in [0.3, 0.4) is 0 Å². The van der Waals surface area contributed by atoms with Crippen molar-refractivity contribution in [3.05, 3.63) is 60.8 Å². The molecule has 0 aromatic carbocycles. The average molecular weight is 854 g/mol. The van der Waals surface area contributed by atoms with E-state index in [0.29, 0.717) is 25.7 Å². The maximum absolute atomic E-state index is 13.2. The van der Waals surface area contributed by atoms with Crippen molar-refractivity contribution in [2.24, 2.45) is 0 Å². The van der Waals surface area contributed by atoms with Crippen molar-refractivity contribution in [1.82, 2.24) is 5.32 Å². The zero-order chi connectivity index (χ0) is 44.5. The molecule has 3 atom stereocenters. The lowest BCUT2D eigenvalue weighted by Crippen LogP contribution is -2.46. The third-order valence-electron chi connectivity index (χ3n) is 11.6. The Hall–Kier alpha value is -2.44. The van der Waals surface area contributed by atoms with Gasteiger partial charge in [-0.05, 0) is 89.9 Å². The highest BCUT2D eigenvalue weighted by molar-refractivity contribution is 5.77. The average Bonchev–Trinajstić information content (AvgIpc) is 3.25. The van der Waals surface area contributed by atoms with Crippen LogP contribution in [0.15, 0.2) is 60.8 Å². The first-order chi connectivity index (χ1) is 30.0. The van der Waals surface area contributed by atoms with Crippen molar-refractivity contribution < 1.29 is 24.5 Å². The zero-order valence-electron chi connectivity index (χ0n) is 40.3. The Morgan fingerprint density at radius 1 is 0.475 bits per heavy atom. The summed E-state index contributed by atoms with van der Waals surface area (Å²) in [6.07, 6.45) is 60.0. The van der Waals surface area contributed by atoms with Gasteiger partial charge in [-0.15, -0.1) is 0 Å². The van der Waals surface area contributed by atoms with E-state index in [2.05, 4.69) is 86.8 Å². The molecule has 0 aliphatic heterocycles. The first-order valence-electron chi connectivity index (χ1n) is 26.0. The summed E-state index contributed by atoms with van der Waals surface area (Å²) in [5, 5.41) is 23.7. The largest absolute Gasteiger partial charge is 0.462 e. The number of nitrogens with one attached hydrogen (secondary N) is 1. The van der Waals surface area contributed by atoms with Gasteiger partial charge in [0.15, 0.2) is 0 Å². The normalized spacial score (nSPS) is 13.7. The predicted octanol–water partition coefficient (Wildman–Crippen LogP) is 15.6. The summed E-state index contributed by atoms with van der Waals surface area (Å²) in [6, 6.07) is -0.717.